The van der Waals surface area contributed by atoms with E-state index < -0.39 is 0 Å². The number of nitrogens with zero attached hydrogens (tertiary/aromatic N) is 2. The maximum atomic E-state index is 13.4. The van der Waals surface area contributed by atoms with Crippen molar-refractivity contribution in [2.75, 3.05) is 20.3 Å². The van der Waals surface area contributed by atoms with Crippen molar-refractivity contribution in [3.63, 3.8) is 0 Å². The van der Waals surface area contributed by atoms with Gasteiger partial charge in [0.15, 0.2) is 0 Å². The predicted molar refractivity (Wildman–Crippen MR) is 127 cm³/mol. The molecule has 0 saturated carbocycles. The van der Waals surface area contributed by atoms with E-state index in [9.17, 15) is 4.79 Å². The molecule has 2 aromatic carbocycles. The zero-order valence-corrected chi connectivity index (χ0v) is 19.1. The Kier molecular flexibility index (Phi) is 7.80. The third-order valence-corrected chi connectivity index (χ3v) is 6.60. The molecular weight excluding hydrogens is 420 g/mol. The highest BCUT2D eigenvalue weighted by Gasteiger charge is 2.24. The lowest BCUT2D eigenvalue weighted by molar-refractivity contribution is 0.0505. The van der Waals surface area contributed by atoms with Gasteiger partial charge in [0.05, 0.1) is 13.2 Å². The van der Waals surface area contributed by atoms with Crippen LogP contribution in [0.5, 0.6) is 5.75 Å². The summed E-state index contributed by atoms with van der Waals surface area (Å²) in [7, 11) is 1.66. The SMILES string of the molecule is COc1ccccc1CN(CC1CCCO1)C(=O)c1ccc(SCc2cccnc2)cc1. The molecule has 1 aromatic heterocycles. The molecule has 4 rings (SSSR count). The summed E-state index contributed by atoms with van der Waals surface area (Å²) in [6, 6.07) is 19.7. The van der Waals surface area contributed by atoms with Crippen molar-refractivity contribution < 1.29 is 14.3 Å². The molecule has 0 bridgehead atoms. The fourth-order valence-electron chi connectivity index (χ4n) is 3.82. The van der Waals surface area contributed by atoms with Gasteiger partial charge < -0.3 is 14.4 Å². The van der Waals surface area contributed by atoms with E-state index in [-0.39, 0.29) is 12.0 Å². The molecule has 32 heavy (non-hydrogen) atoms. The lowest BCUT2D eigenvalue weighted by atomic mass is 10.1. The summed E-state index contributed by atoms with van der Waals surface area (Å²) in [6.45, 7) is 1.83. The second kappa shape index (κ2) is 11.2. The molecule has 1 atom stereocenters. The third-order valence-electron chi connectivity index (χ3n) is 5.52. The minimum atomic E-state index is 0.00946. The molecule has 1 unspecified atom stereocenters. The number of hydrogen-bond donors (Lipinski definition) is 0. The molecule has 3 aromatic rings. The van der Waals surface area contributed by atoms with Crippen molar-refractivity contribution in [1.82, 2.24) is 9.88 Å². The normalized spacial score (nSPS) is 15.5. The van der Waals surface area contributed by atoms with Crippen LogP contribution in [0.1, 0.15) is 34.3 Å². The van der Waals surface area contributed by atoms with Crippen LogP contribution < -0.4 is 4.74 Å². The molecular formula is C26H28N2O3S. The summed E-state index contributed by atoms with van der Waals surface area (Å²) in [5, 5.41) is 0. The molecule has 0 aliphatic carbocycles. The second-order valence-corrected chi connectivity index (χ2v) is 8.86. The predicted octanol–water partition coefficient (Wildman–Crippen LogP) is 5.20. The van der Waals surface area contributed by atoms with Gasteiger partial charge in [-0.15, -0.1) is 11.8 Å². The molecule has 0 radical (unpaired) electrons. The van der Waals surface area contributed by atoms with Crippen LogP contribution in [0, 0.1) is 0 Å². The quantitative estimate of drug-likeness (QED) is 0.421. The molecule has 0 N–H and O–H groups in total. The molecule has 1 fully saturated rings. The van der Waals surface area contributed by atoms with Crippen molar-refractivity contribution in [1.29, 1.82) is 0 Å². The summed E-state index contributed by atoms with van der Waals surface area (Å²) in [6.07, 6.45) is 5.78. The van der Waals surface area contributed by atoms with Crippen LogP contribution in [-0.4, -0.2) is 42.2 Å². The Labute approximate surface area is 193 Å². The van der Waals surface area contributed by atoms with Crippen molar-refractivity contribution in [2.45, 2.75) is 36.1 Å². The fourth-order valence-corrected chi connectivity index (χ4v) is 4.65. The maximum absolute atomic E-state index is 13.4. The monoisotopic (exact) mass is 448 g/mol. The molecule has 5 nitrogen and oxygen atoms in total. The van der Waals surface area contributed by atoms with E-state index in [1.165, 1.54) is 5.56 Å². The van der Waals surface area contributed by atoms with Crippen LogP contribution in [0.15, 0.2) is 78.0 Å². The Morgan fingerprint density at radius 1 is 1.16 bits per heavy atom. The topological polar surface area (TPSA) is 51.7 Å². The van der Waals surface area contributed by atoms with Gasteiger partial charge in [-0.25, -0.2) is 0 Å². The Morgan fingerprint density at radius 2 is 2.00 bits per heavy atom. The van der Waals surface area contributed by atoms with Gasteiger partial charge in [0.1, 0.15) is 5.75 Å². The van der Waals surface area contributed by atoms with Crippen LogP contribution in [-0.2, 0) is 17.0 Å². The van der Waals surface area contributed by atoms with Gasteiger partial charge in [-0.3, -0.25) is 9.78 Å². The summed E-state index contributed by atoms with van der Waals surface area (Å²) >= 11 is 1.73. The number of carbonyl (C=O) groups is 1. The van der Waals surface area contributed by atoms with Crippen molar-refractivity contribution in [3.8, 4) is 5.75 Å². The number of benzene rings is 2. The third kappa shape index (κ3) is 5.90. The second-order valence-electron chi connectivity index (χ2n) is 7.81. The van der Waals surface area contributed by atoms with E-state index in [2.05, 4.69) is 11.1 Å². The number of carbonyl (C=O) groups excluding carboxylic acids is 1. The van der Waals surface area contributed by atoms with E-state index in [1.54, 1.807) is 25.1 Å². The number of aromatic nitrogens is 1. The first-order chi connectivity index (χ1) is 15.7. The molecule has 1 aliphatic heterocycles. The zero-order valence-electron chi connectivity index (χ0n) is 18.3. The average molecular weight is 449 g/mol. The van der Waals surface area contributed by atoms with E-state index in [4.69, 9.17) is 9.47 Å². The summed E-state index contributed by atoms with van der Waals surface area (Å²) in [5.41, 5.74) is 2.85. The standard InChI is InChI=1S/C26H28N2O3S/c1-30-25-9-3-2-7-22(25)17-28(18-23-8-5-15-31-23)26(29)21-10-12-24(13-11-21)32-19-20-6-4-14-27-16-20/h2-4,6-7,9-14,16,23H,5,8,15,17-19H2,1H3. The Morgan fingerprint density at radius 3 is 2.72 bits per heavy atom. The highest BCUT2D eigenvalue weighted by Crippen LogP contribution is 2.25. The summed E-state index contributed by atoms with van der Waals surface area (Å²) in [4.78, 5) is 20.6. The van der Waals surface area contributed by atoms with E-state index >= 15 is 0 Å². The minimum absolute atomic E-state index is 0.00946. The first-order valence-electron chi connectivity index (χ1n) is 10.9. The van der Waals surface area contributed by atoms with Crippen molar-refractivity contribution in [3.05, 3.63) is 89.7 Å². The van der Waals surface area contributed by atoms with Crippen LogP contribution in [0.4, 0.5) is 0 Å². The van der Waals surface area contributed by atoms with Crippen LogP contribution in [0.2, 0.25) is 0 Å². The maximum Gasteiger partial charge on any atom is 0.254 e. The van der Waals surface area contributed by atoms with Gasteiger partial charge in [0.25, 0.3) is 5.91 Å². The van der Waals surface area contributed by atoms with Gasteiger partial charge >= 0.3 is 0 Å². The van der Waals surface area contributed by atoms with Crippen molar-refractivity contribution in [2.24, 2.45) is 0 Å². The largest absolute Gasteiger partial charge is 0.496 e. The van der Waals surface area contributed by atoms with Gasteiger partial charge in [0, 0.05) is 53.9 Å². The summed E-state index contributed by atoms with van der Waals surface area (Å²) in [5.74, 6) is 1.65. The molecule has 1 saturated heterocycles. The summed E-state index contributed by atoms with van der Waals surface area (Å²) < 4.78 is 11.3. The Balaban J connectivity index is 1.46. The highest BCUT2D eigenvalue weighted by molar-refractivity contribution is 7.98. The van der Waals surface area contributed by atoms with Gasteiger partial charge in [-0.1, -0.05) is 24.3 Å². The number of pyridine rings is 1. The number of methoxy groups -OCH3 is 1. The van der Waals surface area contributed by atoms with Gasteiger partial charge in [0.2, 0.25) is 0 Å². The number of amides is 1. The molecule has 6 heteroatoms. The van der Waals surface area contributed by atoms with Crippen LogP contribution in [0.25, 0.3) is 0 Å². The smallest absolute Gasteiger partial charge is 0.254 e. The molecule has 2 heterocycles. The number of hydrogen-bond acceptors (Lipinski definition) is 5. The Hall–Kier alpha value is -2.83. The number of rotatable bonds is 9. The van der Waals surface area contributed by atoms with Gasteiger partial charge in [-0.05, 0) is 54.8 Å². The van der Waals surface area contributed by atoms with Crippen LogP contribution in [0.3, 0.4) is 0 Å². The number of para-hydroxylation sites is 1. The minimum Gasteiger partial charge on any atom is -0.496 e. The lowest BCUT2D eigenvalue weighted by Crippen LogP contribution is -2.37. The fraction of sp³-hybridized carbons (Fsp3) is 0.308. The van der Waals surface area contributed by atoms with E-state index in [0.717, 1.165) is 41.4 Å². The van der Waals surface area contributed by atoms with E-state index in [1.807, 2.05) is 65.7 Å². The van der Waals surface area contributed by atoms with E-state index in [0.29, 0.717) is 18.7 Å². The number of thioether (sulfide) groups is 1. The first kappa shape index (κ1) is 22.4. The molecule has 166 valence electrons. The Bertz CT molecular complexity index is 1010. The van der Waals surface area contributed by atoms with Crippen molar-refractivity contribution >= 4 is 17.7 Å². The lowest BCUT2D eigenvalue weighted by Gasteiger charge is -2.26. The molecule has 1 aliphatic rings. The molecule has 1 amide bonds. The number of ether oxygens (including phenoxy) is 2. The van der Waals surface area contributed by atoms with Gasteiger partial charge in [-0.2, -0.15) is 0 Å². The highest BCUT2D eigenvalue weighted by atomic mass is 32.2. The first-order valence-corrected chi connectivity index (χ1v) is 11.9. The average Bonchev–Trinajstić information content (AvgIpc) is 3.36. The van der Waals surface area contributed by atoms with Crippen LogP contribution >= 0.6 is 11.8 Å². The zero-order chi connectivity index (χ0) is 22.2. The molecule has 0 spiro atoms.